The number of unbranched alkanes of at least 4 members (excludes halogenated alkanes) is 1. The summed E-state index contributed by atoms with van der Waals surface area (Å²) in [7, 11) is 0. The van der Waals surface area contributed by atoms with Crippen LogP contribution in [-0.4, -0.2) is 17.0 Å². The fraction of sp³-hybridized carbons (Fsp3) is 0.353. The summed E-state index contributed by atoms with van der Waals surface area (Å²) in [5.74, 6) is -0.0799. The number of carbonyl (C=O) groups excluding carboxylic acids is 1. The van der Waals surface area contributed by atoms with Crippen molar-refractivity contribution in [1.29, 1.82) is 0 Å². The summed E-state index contributed by atoms with van der Waals surface area (Å²) in [6, 6.07) is 14.1. The minimum absolute atomic E-state index is 0.0799. The van der Waals surface area contributed by atoms with E-state index < -0.39 is 6.10 Å². The lowest BCUT2D eigenvalue weighted by atomic mass is 9.99. The van der Waals surface area contributed by atoms with E-state index in [2.05, 4.69) is 13.0 Å². The van der Waals surface area contributed by atoms with Crippen LogP contribution in [0.4, 0.5) is 0 Å². The van der Waals surface area contributed by atoms with Gasteiger partial charge in [0.15, 0.2) is 5.78 Å². The van der Waals surface area contributed by atoms with Crippen LogP contribution in [0.25, 0.3) is 10.8 Å². The topological polar surface area (TPSA) is 37.3 Å². The van der Waals surface area contributed by atoms with Crippen molar-refractivity contribution in [1.82, 2.24) is 0 Å². The van der Waals surface area contributed by atoms with Crippen LogP contribution >= 0.6 is 0 Å². The van der Waals surface area contributed by atoms with Crippen molar-refractivity contribution in [3.05, 3.63) is 48.0 Å². The van der Waals surface area contributed by atoms with Gasteiger partial charge in [-0.15, -0.1) is 0 Å². The maximum atomic E-state index is 11.9. The Kier molecular flexibility index (Phi) is 4.69. The minimum Gasteiger partial charge on any atom is -0.385 e. The van der Waals surface area contributed by atoms with Gasteiger partial charge in [-0.1, -0.05) is 62.2 Å². The lowest BCUT2D eigenvalue weighted by molar-refractivity contribution is -0.126. The summed E-state index contributed by atoms with van der Waals surface area (Å²) >= 11 is 0. The van der Waals surface area contributed by atoms with Crippen molar-refractivity contribution in [2.45, 2.75) is 38.7 Å². The predicted molar refractivity (Wildman–Crippen MR) is 78.2 cm³/mol. The molecule has 0 aliphatic rings. The van der Waals surface area contributed by atoms with Gasteiger partial charge in [-0.25, -0.2) is 0 Å². The highest BCUT2D eigenvalue weighted by molar-refractivity contribution is 5.88. The van der Waals surface area contributed by atoms with Gasteiger partial charge in [-0.05, 0) is 22.8 Å². The van der Waals surface area contributed by atoms with Gasteiger partial charge in [-0.3, -0.25) is 4.79 Å². The first-order valence-electron chi connectivity index (χ1n) is 6.89. The third-order valence-corrected chi connectivity index (χ3v) is 3.40. The van der Waals surface area contributed by atoms with E-state index in [1.807, 2.05) is 36.4 Å². The molecule has 19 heavy (non-hydrogen) atoms. The Morgan fingerprint density at radius 2 is 1.89 bits per heavy atom. The van der Waals surface area contributed by atoms with Gasteiger partial charge < -0.3 is 5.11 Å². The van der Waals surface area contributed by atoms with Gasteiger partial charge in [-0.2, -0.15) is 0 Å². The quantitative estimate of drug-likeness (QED) is 0.858. The average molecular weight is 256 g/mol. The predicted octanol–water partition coefficient (Wildman–Crippen LogP) is 3.50. The SMILES string of the molecule is CCCC[C@H](O)C(=O)Cc1ccc2ccccc2c1. The van der Waals surface area contributed by atoms with E-state index in [0.717, 1.165) is 23.8 Å². The molecule has 0 aliphatic heterocycles. The van der Waals surface area contributed by atoms with Crippen LogP contribution in [0.1, 0.15) is 31.7 Å². The molecule has 0 heterocycles. The molecule has 2 heteroatoms. The molecule has 0 spiro atoms. The summed E-state index contributed by atoms with van der Waals surface area (Å²) < 4.78 is 0. The molecule has 2 aromatic carbocycles. The number of carbonyl (C=O) groups is 1. The minimum atomic E-state index is -0.813. The second kappa shape index (κ2) is 6.48. The van der Waals surface area contributed by atoms with Crippen molar-refractivity contribution in [2.75, 3.05) is 0 Å². The van der Waals surface area contributed by atoms with Gasteiger partial charge >= 0.3 is 0 Å². The molecule has 2 rings (SSSR count). The maximum absolute atomic E-state index is 11.9. The number of ketones is 1. The highest BCUT2D eigenvalue weighted by Gasteiger charge is 2.14. The lowest BCUT2D eigenvalue weighted by Gasteiger charge is -2.09. The zero-order valence-electron chi connectivity index (χ0n) is 11.3. The van der Waals surface area contributed by atoms with Crippen molar-refractivity contribution in [2.24, 2.45) is 0 Å². The van der Waals surface area contributed by atoms with Crippen molar-refractivity contribution < 1.29 is 9.90 Å². The fourth-order valence-corrected chi connectivity index (χ4v) is 2.23. The number of hydrogen-bond donors (Lipinski definition) is 1. The smallest absolute Gasteiger partial charge is 0.165 e. The molecule has 1 N–H and O–H groups in total. The molecule has 0 radical (unpaired) electrons. The highest BCUT2D eigenvalue weighted by atomic mass is 16.3. The molecule has 0 saturated heterocycles. The molecule has 0 bridgehead atoms. The standard InChI is InChI=1S/C17H20O2/c1-2-3-8-16(18)17(19)12-13-9-10-14-6-4-5-7-15(14)11-13/h4-7,9-11,16,18H,2-3,8,12H2,1H3/t16-/m0/s1. The Balaban J connectivity index is 2.06. The van der Waals surface area contributed by atoms with E-state index in [1.54, 1.807) is 0 Å². The first-order valence-corrected chi connectivity index (χ1v) is 6.89. The van der Waals surface area contributed by atoms with Crippen LogP contribution in [0.15, 0.2) is 42.5 Å². The second-order valence-corrected chi connectivity index (χ2v) is 4.98. The zero-order valence-corrected chi connectivity index (χ0v) is 11.3. The first-order chi connectivity index (χ1) is 9.20. The molecule has 100 valence electrons. The number of benzene rings is 2. The van der Waals surface area contributed by atoms with Gasteiger partial charge in [0, 0.05) is 6.42 Å². The molecule has 0 amide bonds. The molecule has 1 atom stereocenters. The summed E-state index contributed by atoms with van der Waals surface area (Å²) in [5.41, 5.74) is 0.972. The molecule has 0 fully saturated rings. The van der Waals surface area contributed by atoms with Gasteiger partial charge in [0.1, 0.15) is 6.10 Å². The fourth-order valence-electron chi connectivity index (χ4n) is 2.23. The molecule has 2 nitrogen and oxygen atoms in total. The van der Waals surface area contributed by atoms with E-state index in [9.17, 15) is 9.90 Å². The van der Waals surface area contributed by atoms with Gasteiger partial charge in [0.2, 0.25) is 0 Å². The van der Waals surface area contributed by atoms with Crippen LogP contribution in [0.5, 0.6) is 0 Å². The van der Waals surface area contributed by atoms with Crippen molar-refractivity contribution in [3.63, 3.8) is 0 Å². The third kappa shape index (κ3) is 3.65. The molecule has 0 aromatic heterocycles. The Morgan fingerprint density at radius 3 is 2.63 bits per heavy atom. The average Bonchev–Trinajstić information content (AvgIpc) is 2.44. The lowest BCUT2D eigenvalue weighted by Crippen LogP contribution is -2.22. The van der Waals surface area contributed by atoms with Crippen LogP contribution in [0.2, 0.25) is 0 Å². The van der Waals surface area contributed by atoms with E-state index in [1.165, 1.54) is 5.39 Å². The van der Waals surface area contributed by atoms with Crippen LogP contribution < -0.4 is 0 Å². The number of aliphatic hydroxyl groups is 1. The van der Waals surface area contributed by atoms with E-state index in [0.29, 0.717) is 12.8 Å². The highest BCUT2D eigenvalue weighted by Crippen LogP contribution is 2.16. The Labute approximate surface area is 114 Å². The van der Waals surface area contributed by atoms with E-state index in [-0.39, 0.29) is 5.78 Å². The third-order valence-electron chi connectivity index (χ3n) is 3.40. The number of Topliss-reactive ketones (excluding diaryl/α,β-unsaturated/α-hetero) is 1. The largest absolute Gasteiger partial charge is 0.385 e. The molecule has 0 saturated carbocycles. The maximum Gasteiger partial charge on any atom is 0.165 e. The Hall–Kier alpha value is -1.67. The van der Waals surface area contributed by atoms with E-state index in [4.69, 9.17) is 0 Å². The van der Waals surface area contributed by atoms with Crippen LogP contribution in [0, 0.1) is 0 Å². The zero-order chi connectivity index (χ0) is 13.7. The summed E-state index contributed by atoms with van der Waals surface area (Å²) in [5, 5.41) is 12.1. The second-order valence-electron chi connectivity index (χ2n) is 4.98. The number of rotatable bonds is 6. The van der Waals surface area contributed by atoms with Crippen molar-refractivity contribution >= 4 is 16.6 Å². The van der Waals surface area contributed by atoms with Gasteiger partial charge in [0.05, 0.1) is 0 Å². The number of hydrogen-bond acceptors (Lipinski definition) is 2. The molecular weight excluding hydrogens is 236 g/mol. The first kappa shape index (κ1) is 13.8. The Morgan fingerprint density at radius 1 is 1.16 bits per heavy atom. The summed E-state index contributed by atoms with van der Waals surface area (Å²) in [4.78, 5) is 11.9. The van der Waals surface area contributed by atoms with E-state index >= 15 is 0 Å². The number of fused-ring (bicyclic) bond motifs is 1. The van der Waals surface area contributed by atoms with Crippen LogP contribution in [-0.2, 0) is 11.2 Å². The summed E-state index contributed by atoms with van der Waals surface area (Å²) in [6.45, 7) is 2.06. The molecule has 0 unspecified atom stereocenters. The van der Waals surface area contributed by atoms with Gasteiger partial charge in [0.25, 0.3) is 0 Å². The summed E-state index contributed by atoms with van der Waals surface area (Å²) in [6.07, 6.45) is 1.97. The molecular formula is C17H20O2. The number of aliphatic hydroxyl groups excluding tert-OH is 1. The van der Waals surface area contributed by atoms with Crippen molar-refractivity contribution in [3.8, 4) is 0 Å². The molecule has 2 aromatic rings. The Bertz CT molecular complexity index is 560. The monoisotopic (exact) mass is 256 g/mol. The normalized spacial score (nSPS) is 12.5. The van der Waals surface area contributed by atoms with Crippen LogP contribution in [0.3, 0.4) is 0 Å². The molecule has 0 aliphatic carbocycles.